The number of carboxylic acids is 1. The molecule has 0 bridgehead atoms. The van der Waals surface area contributed by atoms with Crippen LogP contribution in [0.5, 0.6) is 0 Å². The maximum atomic E-state index is 11.0. The Labute approximate surface area is 111 Å². The fourth-order valence-corrected chi connectivity index (χ4v) is 1.94. The van der Waals surface area contributed by atoms with Crippen molar-refractivity contribution in [1.82, 2.24) is 0 Å². The lowest BCUT2D eigenvalue weighted by molar-refractivity contribution is -0.384. The van der Waals surface area contributed by atoms with Crippen LogP contribution in [-0.2, 0) is 4.79 Å². The normalized spacial score (nSPS) is 11.9. The van der Waals surface area contributed by atoms with Crippen molar-refractivity contribution in [3.8, 4) is 0 Å². The first kappa shape index (κ1) is 14.9. The molecule has 6 heteroatoms. The lowest BCUT2D eigenvalue weighted by Gasteiger charge is -2.14. The average Bonchev–Trinajstić information content (AvgIpc) is 2.33. The van der Waals surface area contributed by atoms with Crippen LogP contribution in [0.3, 0.4) is 0 Å². The highest BCUT2D eigenvalue weighted by molar-refractivity contribution is 5.72. The maximum absolute atomic E-state index is 11.0. The van der Waals surface area contributed by atoms with Crippen LogP contribution in [0.4, 0.5) is 11.4 Å². The number of anilines is 1. The molecule has 1 rings (SSSR count). The number of benzene rings is 1. The molecule has 0 heterocycles. The molecule has 0 saturated carbocycles. The van der Waals surface area contributed by atoms with E-state index in [0.29, 0.717) is 17.7 Å². The van der Waals surface area contributed by atoms with E-state index < -0.39 is 16.8 Å². The number of nitro benzene ring substituents is 1. The number of aryl methyl sites for hydroxylation is 1. The van der Waals surface area contributed by atoms with E-state index in [0.717, 1.165) is 6.42 Å². The number of nitro groups is 1. The molecule has 1 aromatic rings. The molecule has 0 saturated heterocycles. The fourth-order valence-electron chi connectivity index (χ4n) is 1.94. The van der Waals surface area contributed by atoms with Crippen molar-refractivity contribution < 1.29 is 14.8 Å². The van der Waals surface area contributed by atoms with Crippen LogP contribution in [0.1, 0.15) is 25.3 Å². The van der Waals surface area contributed by atoms with Crippen molar-refractivity contribution in [3.05, 3.63) is 33.9 Å². The molecular formula is C13H18N2O4. The Bertz CT molecular complexity index is 474. The molecule has 1 aromatic carbocycles. The Balaban J connectivity index is 2.85. The van der Waals surface area contributed by atoms with Crippen LogP contribution in [0.2, 0.25) is 0 Å². The smallest absolute Gasteiger partial charge is 0.308 e. The van der Waals surface area contributed by atoms with Crippen LogP contribution in [0.25, 0.3) is 0 Å². The zero-order chi connectivity index (χ0) is 14.4. The van der Waals surface area contributed by atoms with Crippen LogP contribution in [-0.4, -0.2) is 22.5 Å². The molecule has 0 amide bonds. The predicted octanol–water partition coefficient (Wildman–Crippen LogP) is 2.82. The van der Waals surface area contributed by atoms with Gasteiger partial charge >= 0.3 is 5.97 Å². The number of hydrogen-bond donors (Lipinski definition) is 2. The summed E-state index contributed by atoms with van der Waals surface area (Å²) in [5.74, 6) is -1.42. The van der Waals surface area contributed by atoms with Gasteiger partial charge in [-0.2, -0.15) is 0 Å². The lowest BCUT2D eigenvalue weighted by Crippen LogP contribution is -2.23. The van der Waals surface area contributed by atoms with Gasteiger partial charge in [-0.05, 0) is 19.4 Å². The molecule has 0 radical (unpaired) electrons. The summed E-state index contributed by atoms with van der Waals surface area (Å²) in [6, 6.07) is 4.96. The fraction of sp³-hybridized carbons (Fsp3) is 0.462. The van der Waals surface area contributed by atoms with Crippen molar-refractivity contribution in [2.24, 2.45) is 5.92 Å². The first-order valence-electron chi connectivity index (χ1n) is 6.18. The standard InChI is InChI=1S/C13H18N2O4/c1-3-5-10(13(16)17)8-14-11-7-4-6-9(2)12(11)15(18)19/h4,6-7,10,14H,3,5,8H2,1-2H3,(H,16,17). The van der Waals surface area contributed by atoms with Crippen molar-refractivity contribution in [2.75, 3.05) is 11.9 Å². The Kier molecular flexibility index (Phi) is 5.29. The van der Waals surface area contributed by atoms with Crippen LogP contribution in [0.15, 0.2) is 18.2 Å². The Morgan fingerprint density at radius 3 is 2.74 bits per heavy atom. The van der Waals surface area contributed by atoms with Gasteiger partial charge in [0.1, 0.15) is 5.69 Å². The summed E-state index contributed by atoms with van der Waals surface area (Å²) < 4.78 is 0. The highest BCUT2D eigenvalue weighted by Gasteiger charge is 2.20. The first-order chi connectivity index (χ1) is 8.97. The summed E-state index contributed by atoms with van der Waals surface area (Å²) in [5, 5.41) is 22.9. The van der Waals surface area contributed by atoms with E-state index in [9.17, 15) is 14.9 Å². The van der Waals surface area contributed by atoms with Crippen molar-refractivity contribution in [3.63, 3.8) is 0 Å². The molecule has 0 aliphatic rings. The first-order valence-corrected chi connectivity index (χ1v) is 6.18. The molecule has 6 nitrogen and oxygen atoms in total. The molecule has 1 unspecified atom stereocenters. The maximum Gasteiger partial charge on any atom is 0.308 e. The quantitative estimate of drug-likeness (QED) is 0.584. The van der Waals surface area contributed by atoms with Gasteiger partial charge < -0.3 is 10.4 Å². The van der Waals surface area contributed by atoms with Crippen molar-refractivity contribution >= 4 is 17.3 Å². The predicted molar refractivity (Wildman–Crippen MR) is 72.4 cm³/mol. The third kappa shape index (κ3) is 3.94. The molecule has 104 valence electrons. The Hall–Kier alpha value is -2.11. The van der Waals surface area contributed by atoms with E-state index in [-0.39, 0.29) is 12.2 Å². The third-order valence-corrected chi connectivity index (χ3v) is 2.95. The van der Waals surface area contributed by atoms with E-state index in [1.807, 2.05) is 6.92 Å². The molecular weight excluding hydrogens is 248 g/mol. The van der Waals surface area contributed by atoms with Crippen LogP contribution < -0.4 is 5.32 Å². The summed E-state index contributed by atoms with van der Waals surface area (Å²) in [4.78, 5) is 21.6. The second-order valence-electron chi connectivity index (χ2n) is 4.43. The molecule has 0 aromatic heterocycles. The summed E-state index contributed by atoms with van der Waals surface area (Å²) >= 11 is 0. The number of carboxylic acid groups (broad SMARTS) is 1. The van der Waals surface area contributed by atoms with Gasteiger partial charge in [-0.25, -0.2) is 0 Å². The van der Waals surface area contributed by atoms with Gasteiger partial charge in [0, 0.05) is 12.1 Å². The minimum atomic E-state index is -0.885. The van der Waals surface area contributed by atoms with Gasteiger partial charge in [-0.1, -0.05) is 25.5 Å². The number of nitrogens with zero attached hydrogens (tertiary/aromatic N) is 1. The van der Waals surface area contributed by atoms with Crippen molar-refractivity contribution in [1.29, 1.82) is 0 Å². The van der Waals surface area contributed by atoms with Gasteiger partial charge in [-0.3, -0.25) is 14.9 Å². The Morgan fingerprint density at radius 1 is 1.53 bits per heavy atom. The van der Waals surface area contributed by atoms with Gasteiger partial charge in [0.05, 0.1) is 10.8 Å². The van der Waals surface area contributed by atoms with Gasteiger partial charge in [0.2, 0.25) is 0 Å². The molecule has 0 aliphatic heterocycles. The molecule has 19 heavy (non-hydrogen) atoms. The zero-order valence-corrected chi connectivity index (χ0v) is 11.0. The van der Waals surface area contributed by atoms with E-state index in [1.54, 1.807) is 25.1 Å². The largest absolute Gasteiger partial charge is 0.481 e. The molecule has 0 fully saturated rings. The molecule has 0 spiro atoms. The summed E-state index contributed by atoms with van der Waals surface area (Å²) in [7, 11) is 0. The molecule has 0 aliphatic carbocycles. The zero-order valence-electron chi connectivity index (χ0n) is 11.0. The van der Waals surface area contributed by atoms with E-state index in [2.05, 4.69) is 5.32 Å². The van der Waals surface area contributed by atoms with Crippen molar-refractivity contribution in [2.45, 2.75) is 26.7 Å². The minimum Gasteiger partial charge on any atom is -0.481 e. The SMILES string of the molecule is CCCC(CNc1cccc(C)c1[N+](=O)[O-])C(=O)O. The minimum absolute atomic E-state index is 0.00290. The van der Waals surface area contributed by atoms with E-state index >= 15 is 0 Å². The van der Waals surface area contributed by atoms with E-state index in [1.165, 1.54) is 0 Å². The average molecular weight is 266 g/mol. The summed E-state index contributed by atoms with van der Waals surface area (Å²) in [5.41, 5.74) is 0.924. The summed E-state index contributed by atoms with van der Waals surface area (Å²) in [6.07, 6.45) is 1.30. The topological polar surface area (TPSA) is 92.5 Å². The second kappa shape index (κ2) is 6.72. The van der Waals surface area contributed by atoms with Crippen LogP contribution in [0, 0.1) is 23.0 Å². The molecule has 2 N–H and O–H groups in total. The highest BCUT2D eigenvalue weighted by Crippen LogP contribution is 2.28. The van der Waals surface area contributed by atoms with Gasteiger partial charge in [0.15, 0.2) is 0 Å². The number of carbonyl (C=O) groups is 1. The lowest BCUT2D eigenvalue weighted by atomic mass is 10.0. The van der Waals surface area contributed by atoms with Crippen LogP contribution >= 0.6 is 0 Å². The summed E-state index contributed by atoms with van der Waals surface area (Å²) in [6.45, 7) is 3.75. The number of para-hydroxylation sites is 1. The number of nitrogens with one attached hydrogen (secondary N) is 1. The second-order valence-corrected chi connectivity index (χ2v) is 4.43. The Morgan fingerprint density at radius 2 is 2.21 bits per heavy atom. The number of aliphatic carboxylic acids is 1. The molecule has 1 atom stereocenters. The number of hydrogen-bond acceptors (Lipinski definition) is 4. The van der Waals surface area contributed by atoms with Gasteiger partial charge in [0.25, 0.3) is 5.69 Å². The highest BCUT2D eigenvalue weighted by atomic mass is 16.6. The van der Waals surface area contributed by atoms with Gasteiger partial charge in [-0.15, -0.1) is 0 Å². The number of rotatable bonds is 7. The third-order valence-electron chi connectivity index (χ3n) is 2.95. The monoisotopic (exact) mass is 266 g/mol. The van der Waals surface area contributed by atoms with E-state index in [4.69, 9.17) is 5.11 Å².